The zero-order valence-corrected chi connectivity index (χ0v) is 12.4. The van der Waals surface area contributed by atoms with E-state index in [-0.39, 0.29) is 10.7 Å². The topological polar surface area (TPSA) is 58.0 Å². The lowest BCUT2D eigenvalue weighted by Gasteiger charge is -2.13. The fourth-order valence-electron chi connectivity index (χ4n) is 2.58. The Morgan fingerprint density at radius 3 is 3.10 bits per heavy atom. The van der Waals surface area contributed by atoms with E-state index in [1.54, 1.807) is 7.11 Å². The molecule has 1 aromatic heterocycles. The largest absolute Gasteiger partial charge is 0.497 e. The van der Waals surface area contributed by atoms with Gasteiger partial charge in [0.05, 0.1) is 12.6 Å². The molecule has 1 aromatic carbocycles. The average molecular weight is 289 g/mol. The number of ether oxygens (including phenoxy) is 1. The van der Waals surface area contributed by atoms with E-state index in [4.69, 9.17) is 9.52 Å². The molecule has 2 N–H and O–H groups in total. The van der Waals surface area contributed by atoms with Gasteiger partial charge in [0.2, 0.25) is 0 Å². The molecule has 1 fully saturated rings. The number of hydrogen-bond acceptors (Lipinski definition) is 4. The van der Waals surface area contributed by atoms with Crippen LogP contribution in [0.3, 0.4) is 0 Å². The summed E-state index contributed by atoms with van der Waals surface area (Å²) in [5.74, 6) is 2.88. The first-order valence-electron chi connectivity index (χ1n) is 6.80. The number of methoxy groups -OCH3 is 1. The van der Waals surface area contributed by atoms with Crippen LogP contribution in [-0.4, -0.2) is 29.6 Å². The molecule has 1 saturated heterocycles. The molecular formula is C15H19N3OS. The Balaban J connectivity index is 1.79. The van der Waals surface area contributed by atoms with Crippen molar-refractivity contribution in [2.45, 2.75) is 19.0 Å². The number of fused-ring (bicyclic) bond motifs is 1. The van der Waals surface area contributed by atoms with E-state index in [0.29, 0.717) is 6.04 Å². The van der Waals surface area contributed by atoms with Crippen LogP contribution in [0.5, 0.6) is 5.75 Å². The molecule has 20 heavy (non-hydrogen) atoms. The van der Waals surface area contributed by atoms with Gasteiger partial charge in [-0.25, -0.2) is 0 Å². The molecule has 5 heteroatoms. The van der Waals surface area contributed by atoms with E-state index in [0.717, 1.165) is 35.7 Å². The monoisotopic (exact) mass is 289 g/mol. The number of benzene rings is 1. The molecule has 4 nitrogen and oxygen atoms in total. The molecule has 106 valence electrons. The van der Waals surface area contributed by atoms with E-state index < -0.39 is 0 Å². The van der Waals surface area contributed by atoms with Crippen molar-refractivity contribution < 1.29 is 4.74 Å². The molecule has 0 saturated carbocycles. The van der Waals surface area contributed by atoms with Crippen LogP contribution in [0.1, 0.15) is 12.0 Å². The Hall–Kier alpha value is -1.46. The minimum absolute atomic E-state index is 0.134. The summed E-state index contributed by atoms with van der Waals surface area (Å²) in [6, 6.07) is 8.58. The van der Waals surface area contributed by atoms with E-state index in [9.17, 15) is 0 Å². The Morgan fingerprint density at radius 1 is 1.45 bits per heavy atom. The lowest BCUT2D eigenvalue weighted by molar-refractivity contribution is 0.415. The summed E-state index contributed by atoms with van der Waals surface area (Å²) in [6.45, 7) is 0.840. The van der Waals surface area contributed by atoms with Crippen LogP contribution in [0.25, 0.3) is 10.9 Å². The van der Waals surface area contributed by atoms with Crippen molar-refractivity contribution in [2.24, 2.45) is 0 Å². The third kappa shape index (κ3) is 2.83. The van der Waals surface area contributed by atoms with Gasteiger partial charge in [0.1, 0.15) is 5.75 Å². The van der Waals surface area contributed by atoms with Gasteiger partial charge < -0.3 is 10.1 Å². The Bertz CT molecular complexity index is 644. The van der Waals surface area contributed by atoms with Crippen molar-refractivity contribution in [3.05, 3.63) is 36.0 Å². The van der Waals surface area contributed by atoms with Crippen LogP contribution in [0.4, 0.5) is 0 Å². The van der Waals surface area contributed by atoms with Crippen LogP contribution in [0.15, 0.2) is 30.5 Å². The zero-order valence-electron chi connectivity index (χ0n) is 11.6. The first-order valence-corrected chi connectivity index (χ1v) is 8.36. The number of nitrogens with zero attached hydrogens (tertiary/aromatic N) is 1. The minimum Gasteiger partial charge on any atom is -0.497 e. The molecule has 1 aliphatic rings. The predicted molar refractivity (Wildman–Crippen MR) is 83.4 cm³/mol. The van der Waals surface area contributed by atoms with Crippen LogP contribution < -0.4 is 10.1 Å². The quantitative estimate of drug-likeness (QED) is 0.909. The van der Waals surface area contributed by atoms with Crippen LogP contribution in [0, 0.1) is 4.78 Å². The van der Waals surface area contributed by atoms with Crippen molar-refractivity contribution in [1.29, 1.82) is 4.78 Å². The molecule has 3 rings (SSSR count). The van der Waals surface area contributed by atoms with Gasteiger partial charge in [0.25, 0.3) is 0 Å². The fourth-order valence-corrected chi connectivity index (χ4v) is 4.08. The summed E-state index contributed by atoms with van der Waals surface area (Å²) >= 11 is 0. The van der Waals surface area contributed by atoms with E-state index in [2.05, 4.69) is 22.4 Å². The second-order valence-electron chi connectivity index (χ2n) is 5.08. The predicted octanol–water partition coefficient (Wildman–Crippen LogP) is 2.49. The molecule has 1 aliphatic heterocycles. The van der Waals surface area contributed by atoms with Gasteiger partial charge in [-0.05, 0) is 30.2 Å². The van der Waals surface area contributed by atoms with Crippen molar-refractivity contribution in [3.63, 3.8) is 0 Å². The third-order valence-electron chi connectivity index (χ3n) is 3.74. The molecule has 2 atom stereocenters. The third-order valence-corrected chi connectivity index (χ3v) is 5.27. The van der Waals surface area contributed by atoms with Gasteiger partial charge >= 0.3 is 0 Å². The van der Waals surface area contributed by atoms with Gasteiger partial charge in [0, 0.05) is 41.7 Å². The number of nitrogens with one attached hydrogen (secondary N) is 2. The molecule has 0 spiro atoms. The van der Waals surface area contributed by atoms with E-state index >= 15 is 0 Å². The summed E-state index contributed by atoms with van der Waals surface area (Å²) in [6.07, 6.45) is 2.98. The highest BCUT2D eigenvalue weighted by molar-refractivity contribution is 7.86. The summed E-state index contributed by atoms with van der Waals surface area (Å²) in [7, 11) is 1.54. The molecule has 0 amide bonds. The number of pyridine rings is 1. The van der Waals surface area contributed by atoms with Crippen LogP contribution >= 0.6 is 0 Å². The second-order valence-corrected chi connectivity index (χ2v) is 6.81. The summed E-state index contributed by atoms with van der Waals surface area (Å²) in [4.78, 5) is 4.41. The lowest BCUT2D eigenvalue weighted by atomic mass is 10.1. The lowest BCUT2D eigenvalue weighted by Crippen LogP contribution is -2.28. The molecular weight excluding hydrogens is 270 g/mol. The molecule has 2 heterocycles. The maximum Gasteiger partial charge on any atom is 0.121 e. The standard InChI is InChI=1S/C15H19N3OS/c1-19-13-2-3-14-11(4-6-17-15(14)8-13)9-18-12-5-7-20(16)10-12/h2-4,6,8,12,16,18H,5,7,9-10H2,1H3. The molecule has 0 radical (unpaired) electrons. The van der Waals surface area contributed by atoms with Crippen LogP contribution in [0.2, 0.25) is 0 Å². The molecule has 2 aromatic rings. The first kappa shape index (κ1) is 13.5. The van der Waals surface area contributed by atoms with Gasteiger partial charge in [-0.3, -0.25) is 9.76 Å². The number of aromatic nitrogens is 1. The Labute approximate surface area is 121 Å². The SMILES string of the molecule is COc1ccc2c(CNC3CCS(=N)C3)ccnc2c1. The molecule has 0 aliphatic carbocycles. The highest BCUT2D eigenvalue weighted by Gasteiger charge is 2.18. The fraction of sp³-hybridized carbons (Fsp3) is 0.400. The summed E-state index contributed by atoms with van der Waals surface area (Å²) in [5.41, 5.74) is 2.23. The van der Waals surface area contributed by atoms with E-state index in [1.165, 1.54) is 10.9 Å². The molecule has 0 bridgehead atoms. The number of hydrogen-bond donors (Lipinski definition) is 2. The van der Waals surface area contributed by atoms with Gasteiger partial charge in [0.15, 0.2) is 0 Å². The zero-order chi connectivity index (χ0) is 13.9. The smallest absolute Gasteiger partial charge is 0.121 e. The summed E-state index contributed by atoms with van der Waals surface area (Å²) in [5, 5.41) is 4.75. The average Bonchev–Trinajstić information content (AvgIpc) is 2.90. The van der Waals surface area contributed by atoms with E-state index in [1.807, 2.05) is 18.3 Å². The van der Waals surface area contributed by atoms with Gasteiger partial charge in [-0.1, -0.05) is 0 Å². The minimum atomic E-state index is -0.134. The Morgan fingerprint density at radius 2 is 2.35 bits per heavy atom. The van der Waals surface area contributed by atoms with Crippen molar-refractivity contribution >= 4 is 21.6 Å². The number of rotatable bonds is 4. The maximum atomic E-state index is 7.79. The highest BCUT2D eigenvalue weighted by atomic mass is 32.2. The summed E-state index contributed by atoms with van der Waals surface area (Å²) < 4.78 is 13.0. The van der Waals surface area contributed by atoms with Crippen molar-refractivity contribution in [3.8, 4) is 5.75 Å². The second kappa shape index (κ2) is 5.89. The maximum absolute atomic E-state index is 7.79. The highest BCUT2D eigenvalue weighted by Crippen LogP contribution is 2.22. The van der Waals surface area contributed by atoms with Gasteiger partial charge in [-0.2, -0.15) is 0 Å². The first-order chi connectivity index (χ1) is 9.76. The van der Waals surface area contributed by atoms with Crippen molar-refractivity contribution in [1.82, 2.24) is 10.3 Å². The molecule has 2 unspecified atom stereocenters. The van der Waals surface area contributed by atoms with Gasteiger partial charge in [-0.15, -0.1) is 10.7 Å². The van der Waals surface area contributed by atoms with Crippen LogP contribution in [-0.2, 0) is 17.2 Å². The Kier molecular flexibility index (Phi) is 3.98. The van der Waals surface area contributed by atoms with Crippen molar-refractivity contribution in [2.75, 3.05) is 18.6 Å². The normalized spacial score (nSPS) is 22.2.